The van der Waals surface area contributed by atoms with Gasteiger partial charge in [0, 0.05) is 16.9 Å². The van der Waals surface area contributed by atoms with Crippen molar-refractivity contribution >= 4 is 33.2 Å². The molecule has 0 aliphatic rings. The minimum absolute atomic E-state index is 0.0790. The SMILES string of the molecule is Cc1ccc(NC(=O)Cc2cn3ccc(C)cc3n2)c(Br)c1. The number of benzene rings is 1. The monoisotopic (exact) mass is 357 g/mol. The van der Waals surface area contributed by atoms with Crippen molar-refractivity contribution in [2.24, 2.45) is 0 Å². The van der Waals surface area contributed by atoms with Gasteiger partial charge in [-0.05, 0) is 65.2 Å². The molecule has 3 rings (SSSR count). The summed E-state index contributed by atoms with van der Waals surface area (Å²) in [6.07, 6.45) is 4.09. The number of carbonyl (C=O) groups is 1. The van der Waals surface area contributed by atoms with Crippen LogP contribution in [-0.4, -0.2) is 15.3 Å². The van der Waals surface area contributed by atoms with Crippen LogP contribution in [-0.2, 0) is 11.2 Å². The number of nitrogens with zero attached hydrogens (tertiary/aromatic N) is 2. The van der Waals surface area contributed by atoms with E-state index in [1.165, 1.54) is 0 Å². The zero-order chi connectivity index (χ0) is 15.7. The Labute approximate surface area is 137 Å². The number of fused-ring (bicyclic) bond motifs is 1. The van der Waals surface area contributed by atoms with E-state index in [0.717, 1.165) is 32.6 Å². The molecule has 0 atom stereocenters. The van der Waals surface area contributed by atoms with Crippen molar-refractivity contribution in [2.45, 2.75) is 20.3 Å². The van der Waals surface area contributed by atoms with Gasteiger partial charge in [0.05, 0.1) is 17.8 Å². The van der Waals surface area contributed by atoms with Crippen molar-refractivity contribution in [1.82, 2.24) is 9.38 Å². The largest absolute Gasteiger partial charge is 0.325 e. The molecular formula is C17H16BrN3O. The molecule has 4 nitrogen and oxygen atoms in total. The van der Waals surface area contributed by atoms with Gasteiger partial charge in [0.1, 0.15) is 5.65 Å². The summed E-state index contributed by atoms with van der Waals surface area (Å²) >= 11 is 3.46. The van der Waals surface area contributed by atoms with Crippen molar-refractivity contribution < 1.29 is 4.79 Å². The molecule has 22 heavy (non-hydrogen) atoms. The number of aromatic nitrogens is 2. The highest BCUT2D eigenvalue weighted by atomic mass is 79.9. The first kappa shape index (κ1) is 14.8. The number of halogens is 1. The fourth-order valence-corrected chi connectivity index (χ4v) is 2.89. The molecule has 0 spiro atoms. The van der Waals surface area contributed by atoms with Crippen LogP contribution in [0.2, 0.25) is 0 Å². The van der Waals surface area contributed by atoms with Gasteiger partial charge in [0.25, 0.3) is 0 Å². The van der Waals surface area contributed by atoms with Crippen LogP contribution in [0.3, 0.4) is 0 Å². The van der Waals surface area contributed by atoms with Crippen LogP contribution < -0.4 is 5.32 Å². The fraction of sp³-hybridized carbons (Fsp3) is 0.176. The third kappa shape index (κ3) is 3.20. The summed E-state index contributed by atoms with van der Waals surface area (Å²) in [6, 6.07) is 9.85. The maximum atomic E-state index is 12.2. The molecule has 0 aliphatic carbocycles. The van der Waals surface area contributed by atoms with Crippen LogP contribution in [0, 0.1) is 13.8 Å². The van der Waals surface area contributed by atoms with Crippen LogP contribution in [0.4, 0.5) is 5.69 Å². The average Bonchev–Trinajstić information content (AvgIpc) is 2.83. The van der Waals surface area contributed by atoms with Gasteiger partial charge in [-0.15, -0.1) is 0 Å². The van der Waals surface area contributed by atoms with Crippen molar-refractivity contribution in [2.75, 3.05) is 5.32 Å². The molecule has 5 heteroatoms. The second kappa shape index (κ2) is 5.93. The quantitative estimate of drug-likeness (QED) is 0.772. The summed E-state index contributed by atoms with van der Waals surface area (Å²) in [5, 5.41) is 2.91. The van der Waals surface area contributed by atoms with Gasteiger partial charge in [0.15, 0.2) is 0 Å². The molecule has 1 amide bonds. The number of rotatable bonds is 3. The molecular weight excluding hydrogens is 342 g/mol. The van der Waals surface area contributed by atoms with E-state index in [4.69, 9.17) is 0 Å². The summed E-state index contributed by atoms with van der Waals surface area (Å²) in [5.41, 5.74) is 4.68. The molecule has 112 valence electrons. The second-order valence-corrected chi connectivity index (χ2v) is 6.26. The fourth-order valence-electron chi connectivity index (χ4n) is 2.30. The van der Waals surface area contributed by atoms with Gasteiger partial charge >= 0.3 is 0 Å². The number of hydrogen-bond acceptors (Lipinski definition) is 2. The summed E-state index contributed by atoms with van der Waals surface area (Å²) in [4.78, 5) is 16.7. The standard InChI is InChI=1S/C17H16BrN3O/c1-11-3-4-15(14(18)7-11)20-17(22)9-13-10-21-6-5-12(2)8-16(21)19-13/h3-8,10H,9H2,1-2H3,(H,20,22). The number of carbonyl (C=O) groups excluding carboxylic acids is 1. The van der Waals surface area contributed by atoms with E-state index in [9.17, 15) is 4.79 Å². The summed E-state index contributed by atoms with van der Waals surface area (Å²) in [5.74, 6) is -0.0790. The van der Waals surface area contributed by atoms with Crippen molar-refractivity contribution in [3.05, 3.63) is 64.0 Å². The van der Waals surface area contributed by atoms with E-state index >= 15 is 0 Å². The normalized spacial score (nSPS) is 10.9. The lowest BCUT2D eigenvalue weighted by Crippen LogP contribution is -2.15. The Hall–Kier alpha value is -2.14. The number of pyridine rings is 1. The Morgan fingerprint density at radius 2 is 2.00 bits per heavy atom. The highest BCUT2D eigenvalue weighted by molar-refractivity contribution is 9.10. The molecule has 2 aromatic heterocycles. The molecule has 1 aromatic carbocycles. The highest BCUT2D eigenvalue weighted by Gasteiger charge is 2.10. The topological polar surface area (TPSA) is 46.4 Å². The number of imidazole rings is 1. The van der Waals surface area contributed by atoms with Gasteiger partial charge in [-0.3, -0.25) is 4.79 Å². The molecule has 0 saturated carbocycles. The molecule has 2 heterocycles. The first-order valence-corrected chi connectivity index (χ1v) is 7.81. The van der Waals surface area contributed by atoms with E-state index in [1.807, 2.05) is 61.0 Å². The molecule has 0 aliphatic heterocycles. The molecule has 3 aromatic rings. The Balaban J connectivity index is 1.75. The lowest BCUT2D eigenvalue weighted by molar-refractivity contribution is -0.115. The third-order valence-electron chi connectivity index (χ3n) is 3.41. The van der Waals surface area contributed by atoms with Crippen LogP contribution in [0.15, 0.2) is 47.2 Å². The van der Waals surface area contributed by atoms with Crippen molar-refractivity contribution in [3.8, 4) is 0 Å². The first-order valence-electron chi connectivity index (χ1n) is 7.01. The van der Waals surface area contributed by atoms with Gasteiger partial charge in [-0.2, -0.15) is 0 Å². The maximum Gasteiger partial charge on any atom is 0.230 e. The van der Waals surface area contributed by atoms with Gasteiger partial charge in [-0.25, -0.2) is 4.98 Å². The summed E-state index contributed by atoms with van der Waals surface area (Å²) < 4.78 is 2.81. The Kier molecular flexibility index (Phi) is 3.98. The molecule has 0 radical (unpaired) electrons. The summed E-state index contributed by atoms with van der Waals surface area (Å²) in [6.45, 7) is 4.03. The van der Waals surface area contributed by atoms with E-state index in [1.54, 1.807) is 0 Å². The molecule has 0 unspecified atom stereocenters. The highest BCUT2D eigenvalue weighted by Crippen LogP contribution is 2.23. The minimum atomic E-state index is -0.0790. The van der Waals surface area contributed by atoms with E-state index in [-0.39, 0.29) is 12.3 Å². The van der Waals surface area contributed by atoms with Crippen LogP contribution in [0.25, 0.3) is 5.65 Å². The van der Waals surface area contributed by atoms with E-state index in [2.05, 4.69) is 26.2 Å². The van der Waals surface area contributed by atoms with Crippen molar-refractivity contribution in [3.63, 3.8) is 0 Å². The van der Waals surface area contributed by atoms with Gasteiger partial charge in [0.2, 0.25) is 5.91 Å². The Bertz CT molecular complexity index is 854. The van der Waals surface area contributed by atoms with Gasteiger partial charge in [-0.1, -0.05) is 6.07 Å². The second-order valence-electron chi connectivity index (χ2n) is 5.41. The third-order valence-corrected chi connectivity index (χ3v) is 4.06. The smallest absolute Gasteiger partial charge is 0.230 e. The lowest BCUT2D eigenvalue weighted by atomic mass is 10.2. The molecule has 1 N–H and O–H groups in total. The zero-order valence-electron chi connectivity index (χ0n) is 12.4. The van der Waals surface area contributed by atoms with Crippen LogP contribution in [0.5, 0.6) is 0 Å². The van der Waals surface area contributed by atoms with Crippen LogP contribution >= 0.6 is 15.9 Å². The zero-order valence-corrected chi connectivity index (χ0v) is 14.0. The molecule has 0 fully saturated rings. The van der Waals surface area contributed by atoms with Crippen LogP contribution in [0.1, 0.15) is 16.8 Å². The first-order chi connectivity index (χ1) is 10.5. The Morgan fingerprint density at radius 1 is 1.23 bits per heavy atom. The lowest BCUT2D eigenvalue weighted by Gasteiger charge is -2.07. The number of hydrogen-bond donors (Lipinski definition) is 1. The van der Waals surface area contributed by atoms with Gasteiger partial charge < -0.3 is 9.72 Å². The number of anilines is 1. The van der Waals surface area contributed by atoms with Crippen molar-refractivity contribution in [1.29, 1.82) is 0 Å². The summed E-state index contributed by atoms with van der Waals surface area (Å²) in [7, 11) is 0. The van der Waals surface area contributed by atoms with E-state index < -0.39 is 0 Å². The molecule has 0 bridgehead atoms. The van der Waals surface area contributed by atoms with E-state index in [0.29, 0.717) is 0 Å². The Morgan fingerprint density at radius 3 is 2.77 bits per heavy atom. The predicted molar refractivity (Wildman–Crippen MR) is 91.1 cm³/mol. The number of amides is 1. The predicted octanol–water partition coefficient (Wildman–Crippen LogP) is 3.89. The maximum absolute atomic E-state index is 12.2. The minimum Gasteiger partial charge on any atom is -0.325 e. The molecule has 0 saturated heterocycles. The average molecular weight is 358 g/mol. The number of aryl methyl sites for hydroxylation is 2. The number of nitrogens with one attached hydrogen (secondary N) is 1.